The van der Waals surface area contributed by atoms with Gasteiger partial charge in [0.15, 0.2) is 0 Å². The number of aromatic nitrogens is 6. The Kier molecular flexibility index (Phi) is 4.70. The standard InChI is InChI=1S/C20H25N7O2/c1-19(2)6-14(7-20(3,4)27-19)29-18-22-11-15(25-26-18)17-16(28)5-12(8-21-17)13-9-23-24-10-13/h5,8-11,14,27-28H,6-7H2,1-4H3,(H,23,24). The minimum absolute atomic E-state index is 0.00433. The second-order valence-electron chi connectivity index (χ2n) is 8.75. The van der Waals surface area contributed by atoms with E-state index in [0.717, 1.165) is 24.0 Å². The van der Waals surface area contributed by atoms with E-state index >= 15 is 0 Å². The van der Waals surface area contributed by atoms with Gasteiger partial charge in [-0.25, -0.2) is 9.97 Å². The van der Waals surface area contributed by atoms with Gasteiger partial charge in [-0.2, -0.15) is 5.10 Å². The number of aromatic hydroxyl groups is 1. The minimum Gasteiger partial charge on any atom is -0.506 e. The minimum atomic E-state index is -0.0355. The van der Waals surface area contributed by atoms with Crippen molar-refractivity contribution >= 4 is 0 Å². The Labute approximate surface area is 169 Å². The highest BCUT2D eigenvalue weighted by Gasteiger charge is 2.39. The van der Waals surface area contributed by atoms with Gasteiger partial charge in [-0.1, -0.05) is 5.10 Å². The molecule has 1 fully saturated rings. The van der Waals surface area contributed by atoms with Crippen LogP contribution in [-0.4, -0.2) is 52.7 Å². The van der Waals surface area contributed by atoms with Gasteiger partial charge in [0, 0.05) is 47.4 Å². The Morgan fingerprint density at radius 3 is 2.34 bits per heavy atom. The predicted molar refractivity (Wildman–Crippen MR) is 107 cm³/mol. The largest absolute Gasteiger partial charge is 0.506 e. The molecule has 0 atom stereocenters. The zero-order chi connectivity index (χ0) is 20.6. The van der Waals surface area contributed by atoms with Gasteiger partial charge in [-0.3, -0.25) is 5.10 Å². The fraction of sp³-hybridized carbons (Fsp3) is 0.450. The van der Waals surface area contributed by atoms with Crippen LogP contribution in [0, 0.1) is 0 Å². The molecular formula is C20H25N7O2. The van der Waals surface area contributed by atoms with Crippen LogP contribution in [0.25, 0.3) is 22.5 Å². The molecule has 29 heavy (non-hydrogen) atoms. The van der Waals surface area contributed by atoms with Crippen molar-refractivity contribution < 1.29 is 9.84 Å². The molecule has 3 aromatic rings. The molecule has 1 aliphatic rings. The molecule has 0 unspecified atom stereocenters. The molecule has 0 radical (unpaired) electrons. The molecule has 0 saturated carbocycles. The molecule has 0 spiro atoms. The highest BCUT2D eigenvalue weighted by atomic mass is 16.5. The smallest absolute Gasteiger partial charge is 0.335 e. The van der Waals surface area contributed by atoms with Crippen molar-refractivity contribution in [2.24, 2.45) is 0 Å². The van der Waals surface area contributed by atoms with Gasteiger partial charge in [-0.15, -0.1) is 5.10 Å². The predicted octanol–water partition coefficient (Wildman–Crippen LogP) is 2.72. The molecular weight excluding hydrogens is 370 g/mol. The van der Waals surface area contributed by atoms with Crippen LogP contribution in [0.5, 0.6) is 11.8 Å². The fourth-order valence-electron chi connectivity index (χ4n) is 4.11. The lowest BCUT2D eigenvalue weighted by Gasteiger charge is -2.45. The van der Waals surface area contributed by atoms with E-state index in [2.05, 4.69) is 63.4 Å². The third-order valence-corrected chi connectivity index (χ3v) is 4.91. The summed E-state index contributed by atoms with van der Waals surface area (Å²) >= 11 is 0. The lowest BCUT2D eigenvalue weighted by Crippen LogP contribution is -2.60. The van der Waals surface area contributed by atoms with Gasteiger partial charge in [0.25, 0.3) is 0 Å². The van der Waals surface area contributed by atoms with E-state index in [-0.39, 0.29) is 28.9 Å². The quantitative estimate of drug-likeness (QED) is 0.616. The lowest BCUT2D eigenvalue weighted by atomic mass is 9.81. The summed E-state index contributed by atoms with van der Waals surface area (Å²) in [6.07, 6.45) is 8.23. The summed E-state index contributed by atoms with van der Waals surface area (Å²) in [6, 6.07) is 1.83. The Morgan fingerprint density at radius 2 is 1.76 bits per heavy atom. The number of hydrogen-bond acceptors (Lipinski definition) is 8. The van der Waals surface area contributed by atoms with Crippen LogP contribution in [0.4, 0.5) is 0 Å². The summed E-state index contributed by atoms with van der Waals surface area (Å²) in [5.74, 6) is -0.00433. The number of pyridine rings is 1. The van der Waals surface area contributed by atoms with Crippen molar-refractivity contribution in [2.45, 2.75) is 57.7 Å². The first-order valence-corrected chi connectivity index (χ1v) is 9.55. The zero-order valence-electron chi connectivity index (χ0n) is 17.0. The maximum Gasteiger partial charge on any atom is 0.335 e. The molecule has 1 aliphatic heterocycles. The van der Waals surface area contributed by atoms with Crippen LogP contribution >= 0.6 is 0 Å². The number of H-pyrrole nitrogens is 1. The van der Waals surface area contributed by atoms with Crippen LogP contribution in [0.1, 0.15) is 40.5 Å². The van der Waals surface area contributed by atoms with E-state index < -0.39 is 0 Å². The molecule has 0 bridgehead atoms. The second-order valence-corrected chi connectivity index (χ2v) is 8.75. The average molecular weight is 395 g/mol. The van der Waals surface area contributed by atoms with Crippen LogP contribution in [0.2, 0.25) is 0 Å². The first-order chi connectivity index (χ1) is 13.7. The molecule has 1 saturated heterocycles. The zero-order valence-corrected chi connectivity index (χ0v) is 17.0. The van der Waals surface area contributed by atoms with Crippen LogP contribution in [-0.2, 0) is 0 Å². The molecule has 9 nitrogen and oxygen atoms in total. The van der Waals surface area contributed by atoms with E-state index in [1.807, 2.05) is 0 Å². The van der Waals surface area contributed by atoms with E-state index in [9.17, 15) is 5.11 Å². The monoisotopic (exact) mass is 395 g/mol. The molecule has 0 aromatic carbocycles. The summed E-state index contributed by atoms with van der Waals surface area (Å²) in [4.78, 5) is 8.58. The maximum atomic E-state index is 10.4. The number of nitrogens with one attached hydrogen (secondary N) is 2. The topological polar surface area (TPSA) is 122 Å². The summed E-state index contributed by atoms with van der Waals surface area (Å²) in [5, 5.41) is 28.9. The van der Waals surface area contributed by atoms with Gasteiger partial charge < -0.3 is 15.2 Å². The van der Waals surface area contributed by atoms with Crippen molar-refractivity contribution in [3.63, 3.8) is 0 Å². The van der Waals surface area contributed by atoms with Crippen molar-refractivity contribution in [2.75, 3.05) is 0 Å². The first-order valence-electron chi connectivity index (χ1n) is 9.55. The Bertz CT molecular complexity index is 969. The third kappa shape index (κ3) is 4.34. The van der Waals surface area contributed by atoms with Crippen LogP contribution in [0.15, 0.2) is 30.9 Å². The van der Waals surface area contributed by atoms with Gasteiger partial charge in [0.1, 0.15) is 23.2 Å². The summed E-state index contributed by atoms with van der Waals surface area (Å²) in [5.41, 5.74) is 2.20. The van der Waals surface area contributed by atoms with Crippen molar-refractivity contribution in [1.82, 2.24) is 35.7 Å². The van der Waals surface area contributed by atoms with E-state index in [0.29, 0.717) is 11.4 Å². The molecule has 4 rings (SSSR count). The Hall–Kier alpha value is -3.07. The van der Waals surface area contributed by atoms with Gasteiger partial charge >= 0.3 is 6.01 Å². The molecule has 3 aromatic heterocycles. The highest BCUT2D eigenvalue weighted by Crippen LogP contribution is 2.32. The number of ether oxygens (including phenoxy) is 1. The van der Waals surface area contributed by atoms with Gasteiger partial charge in [0.05, 0.1) is 12.4 Å². The first kappa shape index (κ1) is 19.3. The van der Waals surface area contributed by atoms with E-state index in [4.69, 9.17) is 4.74 Å². The van der Waals surface area contributed by atoms with Crippen molar-refractivity contribution in [1.29, 1.82) is 0 Å². The van der Waals surface area contributed by atoms with Gasteiger partial charge in [0.2, 0.25) is 0 Å². The number of aromatic amines is 1. The van der Waals surface area contributed by atoms with Crippen molar-refractivity contribution in [3.8, 4) is 34.3 Å². The molecule has 0 amide bonds. The number of rotatable bonds is 4. The molecule has 0 aliphatic carbocycles. The summed E-state index contributed by atoms with van der Waals surface area (Å²) < 4.78 is 6.00. The number of piperidine rings is 1. The third-order valence-electron chi connectivity index (χ3n) is 4.91. The SMILES string of the molecule is CC1(C)CC(Oc2ncc(-c3ncc(-c4cn[nH]c4)cc3O)nn2)CC(C)(C)N1. The van der Waals surface area contributed by atoms with Crippen LogP contribution < -0.4 is 10.1 Å². The normalized spacial score (nSPS) is 18.5. The number of hydrogen-bond donors (Lipinski definition) is 3. The molecule has 3 N–H and O–H groups in total. The maximum absolute atomic E-state index is 10.4. The number of nitrogens with zero attached hydrogens (tertiary/aromatic N) is 5. The molecule has 4 heterocycles. The lowest BCUT2D eigenvalue weighted by molar-refractivity contribution is 0.0491. The fourth-order valence-corrected chi connectivity index (χ4v) is 4.11. The second kappa shape index (κ2) is 7.07. The van der Waals surface area contributed by atoms with Crippen molar-refractivity contribution in [3.05, 3.63) is 30.9 Å². The molecule has 9 heteroatoms. The molecule has 152 valence electrons. The van der Waals surface area contributed by atoms with Gasteiger partial charge in [-0.05, 0) is 33.8 Å². The van der Waals surface area contributed by atoms with E-state index in [1.54, 1.807) is 24.7 Å². The highest BCUT2D eigenvalue weighted by molar-refractivity contribution is 5.69. The Balaban J connectivity index is 1.50. The Morgan fingerprint density at radius 1 is 1.00 bits per heavy atom. The summed E-state index contributed by atoms with van der Waals surface area (Å²) in [6.45, 7) is 8.64. The van der Waals surface area contributed by atoms with Crippen LogP contribution in [0.3, 0.4) is 0 Å². The van der Waals surface area contributed by atoms with E-state index in [1.165, 1.54) is 6.20 Å². The average Bonchev–Trinajstić information content (AvgIpc) is 3.14. The summed E-state index contributed by atoms with van der Waals surface area (Å²) in [7, 11) is 0.